The fourth-order valence-electron chi connectivity index (χ4n) is 2.59. The minimum atomic E-state index is 0.172. The van der Waals surface area contributed by atoms with Crippen LogP contribution in [0.5, 0.6) is 11.5 Å². The molecule has 0 aliphatic carbocycles. The van der Waals surface area contributed by atoms with Gasteiger partial charge in [-0.2, -0.15) is 0 Å². The van der Waals surface area contributed by atoms with E-state index >= 15 is 0 Å². The van der Waals surface area contributed by atoms with Gasteiger partial charge < -0.3 is 24.4 Å². The van der Waals surface area contributed by atoms with Gasteiger partial charge in [-0.25, -0.2) is 0 Å². The first-order chi connectivity index (χ1) is 10.1. The molecule has 0 aromatic heterocycles. The Morgan fingerprint density at radius 3 is 2.86 bits per heavy atom. The van der Waals surface area contributed by atoms with Crippen LogP contribution in [0.15, 0.2) is 18.2 Å². The molecule has 0 spiro atoms. The molecule has 5 nitrogen and oxygen atoms in total. The van der Waals surface area contributed by atoms with Crippen LogP contribution in [0.4, 0.5) is 0 Å². The van der Waals surface area contributed by atoms with Gasteiger partial charge in [-0.3, -0.25) is 0 Å². The Morgan fingerprint density at radius 2 is 2.19 bits per heavy atom. The lowest BCUT2D eigenvalue weighted by Crippen LogP contribution is -2.45. The molecule has 0 radical (unpaired) electrons. The zero-order valence-electron chi connectivity index (χ0n) is 13.4. The molecule has 5 heteroatoms. The summed E-state index contributed by atoms with van der Waals surface area (Å²) >= 11 is 0. The van der Waals surface area contributed by atoms with Gasteiger partial charge in [0.1, 0.15) is 11.5 Å². The van der Waals surface area contributed by atoms with Gasteiger partial charge in [0.15, 0.2) is 0 Å². The number of nitrogens with zero attached hydrogens (tertiary/aromatic N) is 1. The summed E-state index contributed by atoms with van der Waals surface area (Å²) < 4.78 is 16.5. The molecule has 118 valence electrons. The maximum absolute atomic E-state index is 5.78. The fourth-order valence-corrected chi connectivity index (χ4v) is 2.59. The zero-order chi connectivity index (χ0) is 15.2. The van der Waals surface area contributed by atoms with Gasteiger partial charge in [-0.1, -0.05) is 0 Å². The number of morpholine rings is 1. The Kier molecular flexibility index (Phi) is 5.85. The summed E-state index contributed by atoms with van der Waals surface area (Å²) in [5, 5.41) is 3.53. The second-order valence-corrected chi connectivity index (χ2v) is 5.49. The number of hydrogen-bond donors (Lipinski definition) is 1. The number of methoxy groups -OCH3 is 2. The molecule has 1 aromatic rings. The van der Waals surface area contributed by atoms with Crippen LogP contribution in [-0.2, 0) is 4.74 Å². The molecule has 0 amide bonds. The highest BCUT2D eigenvalue weighted by Gasteiger charge is 2.19. The third-order valence-corrected chi connectivity index (χ3v) is 3.90. The minimum absolute atomic E-state index is 0.172. The van der Waals surface area contributed by atoms with Crippen LogP contribution in [0, 0.1) is 0 Å². The van der Waals surface area contributed by atoms with Gasteiger partial charge in [0.2, 0.25) is 0 Å². The molecule has 0 bridgehead atoms. The number of likely N-dealkylation sites (N-methyl/N-ethyl adjacent to an activating group) is 1. The predicted molar refractivity (Wildman–Crippen MR) is 83.2 cm³/mol. The van der Waals surface area contributed by atoms with Gasteiger partial charge in [-0.05, 0) is 32.2 Å². The highest BCUT2D eigenvalue weighted by molar-refractivity contribution is 5.42. The van der Waals surface area contributed by atoms with E-state index < -0.39 is 0 Å². The number of ether oxygens (including phenoxy) is 3. The van der Waals surface area contributed by atoms with E-state index in [1.165, 1.54) is 0 Å². The third-order valence-electron chi connectivity index (χ3n) is 3.90. The number of nitrogens with one attached hydrogen (secondary N) is 1. The monoisotopic (exact) mass is 294 g/mol. The molecule has 1 fully saturated rings. The molecule has 2 atom stereocenters. The summed E-state index contributed by atoms with van der Waals surface area (Å²) in [5.41, 5.74) is 1.10. The van der Waals surface area contributed by atoms with Gasteiger partial charge in [0.05, 0.1) is 26.9 Å². The molecule has 1 N–H and O–H groups in total. The van der Waals surface area contributed by atoms with E-state index in [-0.39, 0.29) is 12.1 Å². The Bertz CT molecular complexity index is 453. The van der Waals surface area contributed by atoms with Crippen molar-refractivity contribution in [2.24, 2.45) is 0 Å². The predicted octanol–water partition coefficient (Wildman–Crippen LogP) is 1.68. The summed E-state index contributed by atoms with van der Waals surface area (Å²) in [6, 6.07) is 6.04. The van der Waals surface area contributed by atoms with Crippen molar-refractivity contribution in [2.45, 2.75) is 19.1 Å². The molecular weight excluding hydrogens is 268 g/mol. The van der Waals surface area contributed by atoms with Crippen LogP contribution in [0.2, 0.25) is 0 Å². The second-order valence-electron chi connectivity index (χ2n) is 5.49. The average Bonchev–Trinajstić information content (AvgIpc) is 2.52. The quantitative estimate of drug-likeness (QED) is 0.865. The van der Waals surface area contributed by atoms with Crippen LogP contribution in [0.25, 0.3) is 0 Å². The maximum Gasteiger partial charge on any atom is 0.123 e. The van der Waals surface area contributed by atoms with Crippen molar-refractivity contribution in [1.82, 2.24) is 10.2 Å². The lowest BCUT2D eigenvalue weighted by atomic mass is 10.1. The van der Waals surface area contributed by atoms with Crippen molar-refractivity contribution < 1.29 is 14.2 Å². The topological polar surface area (TPSA) is 43.0 Å². The van der Waals surface area contributed by atoms with E-state index in [4.69, 9.17) is 14.2 Å². The molecule has 1 aromatic carbocycles. The summed E-state index contributed by atoms with van der Waals surface area (Å²) in [6.45, 7) is 5.74. The van der Waals surface area contributed by atoms with Crippen LogP contribution in [0.3, 0.4) is 0 Å². The summed E-state index contributed by atoms with van der Waals surface area (Å²) in [7, 11) is 5.50. The van der Waals surface area contributed by atoms with E-state index in [2.05, 4.69) is 24.2 Å². The first-order valence-corrected chi connectivity index (χ1v) is 7.39. The summed E-state index contributed by atoms with van der Waals surface area (Å²) in [4.78, 5) is 2.30. The van der Waals surface area contributed by atoms with Gasteiger partial charge in [0, 0.05) is 31.2 Å². The molecule has 1 saturated heterocycles. The van der Waals surface area contributed by atoms with Crippen LogP contribution in [-0.4, -0.2) is 58.5 Å². The molecule has 21 heavy (non-hydrogen) atoms. The smallest absolute Gasteiger partial charge is 0.123 e. The Balaban J connectivity index is 1.97. The largest absolute Gasteiger partial charge is 0.497 e. The van der Waals surface area contributed by atoms with E-state index in [1.54, 1.807) is 14.2 Å². The fraction of sp³-hybridized carbons (Fsp3) is 0.625. The molecule has 2 unspecified atom stereocenters. The minimum Gasteiger partial charge on any atom is -0.497 e. The van der Waals surface area contributed by atoms with E-state index in [0.717, 1.165) is 43.3 Å². The molecular formula is C16H26N2O3. The van der Waals surface area contributed by atoms with Gasteiger partial charge in [0.25, 0.3) is 0 Å². The van der Waals surface area contributed by atoms with Crippen molar-refractivity contribution in [3.8, 4) is 11.5 Å². The molecule has 1 heterocycles. The number of hydrogen-bond acceptors (Lipinski definition) is 5. The van der Waals surface area contributed by atoms with Gasteiger partial charge in [-0.15, -0.1) is 0 Å². The Labute approximate surface area is 127 Å². The average molecular weight is 294 g/mol. The molecule has 1 aliphatic heterocycles. The highest BCUT2D eigenvalue weighted by atomic mass is 16.5. The second kappa shape index (κ2) is 7.64. The normalized spacial score (nSPS) is 21.0. The van der Waals surface area contributed by atoms with Crippen molar-refractivity contribution >= 4 is 0 Å². The Hall–Kier alpha value is -1.30. The first kappa shape index (κ1) is 16.1. The summed E-state index contributed by atoms with van der Waals surface area (Å²) in [5.74, 6) is 1.71. The zero-order valence-corrected chi connectivity index (χ0v) is 13.4. The maximum atomic E-state index is 5.78. The highest BCUT2D eigenvalue weighted by Crippen LogP contribution is 2.29. The Morgan fingerprint density at radius 1 is 1.38 bits per heavy atom. The SMILES string of the molecule is COc1ccc(OC)c(C(C)NCC2CN(C)CCO2)c1. The number of rotatable bonds is 6. The number of benzene rings is 1. The van der Waals surface area contributed by atoms with Crippen LogP contribution >= 0.6 is 0 Å². The van der Waals surface area contributed by atoms with Crippen molar-refractivity contribution in [1.29, 1.82) is 0 Å². The van der Waals surface area contributed by atoms with E-state index in [1.807, 2.05) is 18.2 Å². The van der Waals surface area contributed by atoms with Gasteiger partial charge >= 0.3 is 0 Å². The van der Waals surface area contributed by atoms with Crippen LogP contribution in [0.1, 0.15) is 18.5 Å². The molecule has 0 saturated carbocycles. The van der Waals surface area contributed by atoms with Crippen LogP contribution < -0.4 is 14.8 Å². The molecule has 2 rings (SSSR count). The lowest BCUT2D eigenvalue weighted by molar-refractivity contribution is -0.0191. The standard InChI is InChI=1S/C16H26N2O3/c1-12(17-10-14-11-18(2)7-8-21-14)15-9-13(19-3)5-6-16(15)20-4/h5-6,9,12,14,17H,7-8,10-11H2,1-4H3. The van der Waals surface area contributed by atoms with Crippen molar-refractivity contribution in [3.05, 3.63) is 23.8 Å². The lowest BCUT2D eigenvalue weighted by Gasteiger charge is -2.31. The first-order valence-electron chi connectivity index (χ1n) is 7.39. The van der Waals surface area contributed by atoms with E-state index in [0.29, 0.717) is 0 Å². The van der Waals surface area contributed by atoms with E-state index in [9.17, 15) is 0 Å². The third kappa shape index (κ3) is 4.33. The summed E-state index contributed by atoms with van der Waals surface area (Å²) in [6.07, 6.45) is 0.239. The van der Waals surface area contributed by atoms with Crippen molar-refractivity contribution in [2.75, 3.05) is 47.5 Å². The van der Waals surface area contributed by atoms with Crippen molar-refractivity contribution in [3.63, 3.8) is 0 Å². The molecule has 1 aliphatic rings.